The number of aromatic nitrogens is 4. The van der Waals surface area contributed by atoms with Gasteiger partial charge in [0.25, 0.3) is 0 Å². The number of halogens is 6. The van der Waals surface area contributed by atoms with E-state index in [4.69, 9.17) is 9.97 Å². The molecule has 62 heavy (non-hydrogen) atoms. The molecular weight excluding hydrogens is 797 g/mol. The van der Waals surface area contributed by atoms with E-state index in [0.29, 0.717) is 22.6 Å². The zero-order chi connectivity index (χ0) is 43.1. The largest absolute Gasteiger partial charge is 0.416 e. The van der Waals surface area contributed by atoms with Crippen LogP contribution in [-0.2, 0) is 12.4 Å². The molecular formula is C51H31F6N5. The molecule has 0 saturated heterocycles. The van der Waals surface area contributed by atoms with Crippen molar-refractivity contribution in [1.82, 2.24) is 19.1 Å². The van der Waals surface area contributed by atoms with E-state index in [0.717, 1.165) is 68.3 Å². The molecule has 3 aromatic heterocycles. The van der Waals surface area contributed by atoms with Crippen molar-refractivity contribution in [1.29, 1.82) is 5.26 Å². The number of hydrogen-bond donors (Lipinski definition) is 0. The molecule has 5 nitrogen and oxygen atoms in total. The molecule has 0 aliphatic carbocycles. The standard InChI is InChI=1S/C51H31F6N5/c1-29-13-17-43-36(21-29)37-22-30(2)14-18-44(37)62(43)48-23-33(28-58)47(26-40(48)49-59-41(31-9-5-3-6-10-31)27-42(60-49)32-11-7-4-8-12-32)61-45-19-15-34(50(52,53)54)24-38(45)39-25-35(51(55,56)57)16-20-46(39)61/h3-27H,1-2H3. The first-order chi connectivity index (χ1) is 29.8. The number of aryl methyl sites for hydroxylation is 2. The van der Waals surface area contributed by atoms with Crippen molar-refractivity contribution >= 4 is 43.6 Å². The number of rotatable bonds is 5. The summed E-state index contributed by atoms with van der Waals surface area (Å²) in [5.41, 5.74) is 6.26. The van der Waals surface area contributed by atoms with Crippen molar-refractivity contribution in [2.24, 2.45) is 0 Å². The Morgan fingerprint density at radius 1 is 0.468 bits per heavy atom. The van der Waals surface area contributed by atoms with E-state index in [1.165, 1.54) is 12.1 Å². The SMILES string of the molecule is Cc1ccc2c(c1)c1cc(C)ccc1n2-c1cc(C#N)c(-n2c3ccc(C(F)(F)F)cc3c3cc(C(F)(F)F)ccc32)cc1-c1nc(-c2ccccc2)cc(-c2ccccc2)n1. The lowest BCUT2D eigenvalue weighted by molar-refractivity contribution is -0.138. The van der Waals surface area contributed by atoms with Crippen LogP contribution < -0.4 is 0 Å². The van der Waals surface area contributed by atoms with E-state index >= 15 is 0 Å². The molecule has 0 unspecified atom stereocenters. The lowest BCUT2D eigenvalue weighted by Gasteiger charge is -2.19. The summed E-state index contributed by atoms with van der Waals surface area (Å²) in [5, 5.41) is 12.9. The van der Waals surface area contributed by atoms with Gasteiger partial charge in [-0.1, -0.05) is 83.9 Å². The van der Waals surface area contributed by atoms with Crippen LogP contribution in [0, 0.1) is 25.2 Å². The van der Waals surface area contributed by atoms with Gasteiger partial charge >= 0.3 is 12.4 Å². The van der Waals surface area contributed by atoms with Crippen LogP contribution in [0.2, 0.25) is 0 Å². The van der Waals surface area contributed by atoms with Crippen molar-refractivity contribution in [3.8, 4) is 51.3 Å². The lowest BCUT2D eigenvalue weighted by atomic mass is 10.0. The van der Waals surface area contributed by atoms with Gasteiger partial charge in [-0.25, -0.2) is 9.97 Å². The summed E-state index contributed by atoms with van der Waals surface area (Å²) in [7, 11) is 0. The molecule has 302 valence electrons. The number of fused-ring (bicyclic) bond motifs is 6. The molecule has 0 fully saturated rings. The van der Waals surface area contributed by atoms with Crippen molar-refractivity contribution < 1.29 is 26.3 Å². The summed E-state index contributed by atoms with van der Waals surface area (Å²) in [6, 6.07) is 45.1. The van der Waals surface area contributed by atoms with Crippen molar-refractivity contribution in [2.75, 3.05) is 0 Å². The predicted octanol–water partition coefficient (Wildman–Crippen LogP) is 14.2. The maximum absolute atomic E-state index is 14.2. The lowest BCUT2D eigenvalue weighted by Crippen LogP contribution is -2.07. The maximum Gasteiger partial charge on any atom is 0.416 e. The van der Waals surface area contributed by atoms with Gasteiger partial charge in [0.1, 0.15) is 6.07 Å². The van der Waals surface area contributed by atoms with Crippen LogP contribution in [0.1, 0.15) is 27.8 Å². The highest BCUT2D eigenvalue weighted by atomic mass is 19.4. The minimum atomic E-state index is -4.77. The molecule has 0 radical (unpaired) electrons. The predicted molar refractivity (Wildman–Crippen MR) is 231 cm³/mol. The fourth-order valence-corrected chi connectivity index (χ4v) is 8.44. The van der Waals surface area contributed by atoms with Gasteiger partial charge in [-0.05, 0) is 92.7 Å². The summed E-state index contributed by atoms with van der Waals surface area (Å²) in [6.07, 6.45) is -9.54. The van der Waals surface area contributed by atoms with Crippen LogP contribution in [-0.4, -0.2) is 19.1 Å². The van der Waals surface area contributed by atoms with E-state index in [9.17, 15) is 31.6 Å². The van der Waals surface area contributed by atoms with E-state index in [-0.39, 0.29) is 38.9 Å². The fourth-order valence-electron chi connectivity index (χ4n) is 8.44. The Kier molecular flexibility index (Phi) is 8.82. The second-order valence-electron chi connectivity index (χ2n) is 15.4. The van der Waals surface area contributed by atoms with Crippen LogP contribution in [0.4, 0.5) is 26.3 Å². The van der Waals surface area contributed by atoms with Gasteiger partial charge in [0.05, 0.1) is 61.5 Å². The highest BCUT2D eigenvalue weighted by Crippen LogP contribution is 2.43. The Hall–Kier alpha value is -7.71. The fraction of sp³-hybridized carbons (Fsp3) is 0.0784. The maximum atomic E-state index is 14.2. The molecule has 0 aliphatic rings. The van der Waals surface area contributed by atoms with Crippen LogP contribution >= 0.6 is 0 Å². The third-order valence-electron chi connectivity index (χ3n) is 11.3. The Bertz CT molecular complexity index is 3280. The number of nitriles is 1. The third-order valence-corrected chi connectivity index (χ3v) is 11.3. The van der Waals surface area contributed by atoms with Gasteiger partial charge in [-0.3, -0.25) is 0 Å². The smallest absolute Gasteiger partial charge is 0.308 e. The molecule has 10 aromatic rings. The summed E-state index contributed by atoms with van der Waals surface area (Å²) < 4.78 is 88.7. The summed E-state index contributed by atoms with van der Waals surface area (Å²) in [6.45, 7) is 4.03. The Morgan fingerprint density at radius 2 is 0.887 bits per heavy atom. The Labute approximate surface area is 350 Å². The monoisotopic (exact) mass is 827 g/mol. The molecule has 0 aliphatic heterocycles. The number of nitrogens with zero attached hydrogens (tertiary/aromatic N) is 5. The summed E-state index contributed by atoms with van der Waals surface area (Å²) in [5.74, 6) is 0.277. The Morgan fingerprint density at radius 3 is 1.32 bits per heavy atom. The topological polar surface area (TPSA) is 59.4 Å². The molecule has 0 saturated carbocycles. The van der Waals surface area contributed by atoms with Crippen molar-refractivity contribution in [2.45, 2.75) is 26.2 Å². The highest BCUT2D eigenvalue weighted by Gasteiger charge is 2.34. The number of hydrogen-bond acceptors (Lipinski definition) is 3. The molecule has 7 aromatic carbocycles. The van der Waals surface area contributed by atoms with Crippen LogP contribution in [0.3, 0.4) is 0 Å². The zero-order valence-corrected chi connectivity index (χ0v) is 32.9. The minimum Gasteiger partial charge on any atom is -0.308 e. The van der Waals surface area contributed by atoms with Gasteiger partial charge < -0.3 is 9.13 Å². The molecule has 11 heteroatoms. The van der Waals surface area contributed by atoms with Crippen LogP contribution in [0.5, 0.6) is 0 Å². The number of benzene rings is 7. The normalized spacial score (nSPS) is 12.2. The molecule has 0 bridgehead atoms. The first kappa shape index (κ1) is 38.5. The highest BCUT2D eigenvalue weighted by molar-refractivity contribution is 6.12. The molecule has 0 amide bonds. The first-order valence-corrected chi connectivity index (χ1v) is 19.6. The molecule has 10 rings (SSSR count). The van der Waals surface area contributed by atoms with Gasteiger partial charge in [0.15, 0.2) is 5.82 Å². The van der Waals surface area contributed by atoms with E-state index in [1.54, 1.807) is 16.7 Å². The molecule has 0 spiro atoms. The molecule has 0 atom stereocenters. The Balaban J connectivity index is 1.36. The van der Waals surface area contributed by atoms with Gasteiger partial charge in [0.2, 0.25) is 0 Å². The van der Waals surface area contributed by atoms with Crippen molar-refractivity contribution in [3.63, 3.8) is 0 Å². The van der Waals surface area contributed by atoms with Gasteiger partial charge in [-0.2, -0.15) is 31.6 Å². The van der Waals surface area contributed by atoms with E-state index in [2.05, 4.69) is 22.8 Å². The van der Waals surface area contributed by atoms with E-state index < -0.39 is 23.5 Å². The van der Waals surface area contributed by atoms with Gasteiger partial charge in [-0.15, -0.1) is 0 Å². The summed E-state index contributed by atoms with van der Waals surface area (Å²) in [4.78, 5) is 10.3. The second-order valence-corrected chi connectivity index (χ2v) is 15.4. The van der Waals surface area contributed by atoms with Crippen LogP contribution in [0.15, 0.2) is 152 Å². The average molecular weight is 828 g/mol. The molecule has 0 N–H and O–H groups in total. The quantitative estimate of drug-likeness (QED) is 0.162. The van der Waals surface area contributed by atoms with Crippen LogP contribution in [0.25, 0.3) is 88.9 Å². The third kappa shape index (κ3) is 6.43. The van der Waals surface area contributed by atoms with Crippen molar-refractivity contribution in [3.05, 3.63) is 179 Å². The van der Waals surface area contributed by atoms with Gasteiger partial charge in [0, 0.05) is 38.2 Å². The second kappa shape index (κ2) is 14.2. The average Bonchev–Trinajstić information content (AvgIpc) is 3.76. The molecule has 3 heterocycles. The van der Waals surface area contributed by atoms with E-state index in [1.807, 2.05) is 105 Å². The summed E-state index contributed by atoms with van der Waals surface area (Å²) >= 11 is 0. The number of alkyl halides is 6. The minimum absolute atomic E-state index is 0.0581. The zero-order valence-electron chi connectivity index (χ0n) is 32.9. The first-order valence-electron chi connectivity index (χ1n) is 19.6.